The molecule has 0 heterocycles. The number of carbonyl (C=O) groups is 2. The van der Waals surface area contributed by atoms with Crippen LogP contribution in [0.5, 0.6) is 0 Å². The van der Waals surface area contributed by atoms with Gasteiger partial charge in [0.1, 0.15) is 0 Å². The minimum atomic E-state index is -3.90. The monoisotopic (exact) mass is 416 g/mol. The summed E-state index contributed by atoms with van der Waals surface area (Å²) < 4.78 is 28.7. The predicted molar refractivity (Wildman–Crippen MR) is 112 cm³/mol. The highest BCUT2D eigenvalue weighted by Gasteiger charge is 2.36. The Hall–Kier alpha value is -3.07. The second kappa shape index (κ2) is 8.12. The van der Waals surface area contributed by atoms with E-state index in [9.17, 15) is 18.0 Å². The molecule has 29 heavy (non-hydrogen) atoms. The Balaban J connectivity index is 1.99. The largest absolute Gasteiger partial charge is 0.397 e. The number of benzene rings is 2. The number of amides is 2. The zero-order chi connectivity index (χ0) is 21.2. The van der Waals surface area contributed by atoms with Crippen molar-refractivity contribution in [2.24, 2.45) is 0 Å². The van der Waals surface area contributed by atoms with E-state index in [1.165, 1.54) is 26.0 Å². The van der Waals surface area contributed by atoms with Crippen molar-refractivity contribution in [3.05, 3.63) is 48.0 Å². The molecule has 0 aliphatic heterocycles. The van der Waals surface area contributed by atoms with E-state index in [1.807, 2.05) is 0 Å². The Labute approximate surface area is 169 Å². The lowest BCUT2D eigenvalue weighted by Gasteiger charge is -2.37. The summed E-state index contributed by atoms with van der Waals surface area (Å²) in [4.78, 5) is 22.8. The second-order valence-corrected chi connectivity index (χ2v) is 8.81. The Bertz CT molecular complexity index is 1030. The highest BCUT2D eigenvalue weighted by atomic mass is 32.2. The molecule has 154 valence electrons. The molecule has 5 N–H and O–H groups in total. The zero-order valence-electron chi connectivity index (χ0n) is 16.2. The number of rotatable bonds is 6. The van der Waals surface area contributed by atoms with Gasteiger partial charge in [0.25, 0.3) is 10.0 Å². The Kier molecular flexibility index (Phi) is 5.78. The van der Waals surface area contributed by atoms with Crippen molar-refractivity contribution < 1.29 is 18.0 Å². The summed E-state index contributed by atoms with van der Waals surface area (Å²) in [5.74, 6) is -0.583. The van der Waals surface area contributed by atoms with Crippen LogP contribution in [0.3, 0.4) is 0 Å². The first-order valence-corrected chi connectivity index (χ1v) is 10.7. The van der Waals surface area contributed by atoms with Crippen molar-refractivity contribution in [1.82, 2.24) is 5.32 Å². The second-order valence-electron chi connectivity index (χ2n) is 7.16. The van der Waals surface area contributed by atoms with Crippen molar-refractivity contribution in [1.29, 1.82) is 0 Å². The van der Waals surface area contributed by atoms with Crippen LogP contribution in [0.25, 0.3) is 0 Å². The fraction of sp³-hybridized carbons (Fsp3) is 0.300. The minimum absolute atomic E-state index is 0.0287. The molecule has 2 amide bonds. The summed E-state index contributed by atoms with van der Waals surface area (Å²) in [5, 5.41) is 5.47. The van der Waals surface area contributed by atoms with Crippen LogP contribution < -0.4 is 21.1 Å². The average molecular weight is 417 g/mol. The molecule has 1 aliphatic rings. The van der Waals surface area contributed by atoms with Gasteiger partial charge in [-0.25, -0.2) is 8.42 Å². The molecule has 1 aliphatic carbocycles. The number of anilines is 3. The van der Waals surface area contributed by atoms with Crippen LogP contribution in [-0.2, 0) is 19.6 Å². The third-order valence-corrected chi connectivity index (χ3v) is 6.27. The number of sulfonamides is 1. The number of hydrogen-bond acceptors (Lipinski definition) is 5. The Morgan fingerprint density at radius 3 is 2.24 bits per heavy atom. The first-order chi connectivity index (χ1) is 13.7. The molecule has 0 spiro atoms. The van der Waals surface area contributed by atoms with E-state index in [1.54, 1.807) is 30.3 Å². The van der Waals surface area contributed by atoms with Crippen LogP contribution in [-0.4, -0.2) is 26.3 Å². The summed E-state index contributed by atoms with van der Waals surface area (Å²) in [6.45, 7) is 2.80. The summed E-state index contributed by atoms with van der Waals surface area (Å²) >= 11 is 0. The summed E-state index contributed by atoms with van der Waals surface area (Å²) in [7, 11) is -3.90. The number of nitrogens with one attached hydrogen (secondary N) is 3. The van der Waals surface area contributed by atoms with Gasteiger partial charge in [0.05, 0.1) is 16.3 Å². The van der Waals surface area contributed by atoms with E-state index in [0.717, 1.165) is 0 Å². The molecule has 1 saturated carbocycles. The normalized spacial score (nSPS) is 18.4. The van der Waals surface area contributed by atoms with Crippen molar-refractivity contribution in [2.75, 3.05) is 15.8 Å². The molecule has 0 atom stereocenters. The number of para-hydroxylation sites is 1. The van der Waals surface area contributed by atoms with Crippen LogP contribution >= 0.6 is 0 Å². The third kappa shape index (κ3) is 4.68. The molecule has 0 radical (unpaired) electrons. The average Bonchev–Trinajstić information content (AvgIpc) is 2.59. The molecule has 0 bridgehead atoms. The number of carbonyl (C=O) groups excluding carboxylic acids is 2. The van der Waals surface area contributed by atoms with Crippen LogP contribution in [0.4, 0.5) is 17.1 Å². The fourth-order valence-corrected chi connectivity index (χ4v) is 4.92. The molecular formula is C20H24N4O4S. The maximum Gasteiger partial charge on any atom is 0.262 e. The van der Waals surface area contributed by atoms with Gasteiger partial charge in [-0.3, -0.25) is 14.3 Å². The van der Waals surface area contributed by atoms with E-state index >= 15 is 0 Å². The van der Waals surface area contributed by atoms with Gasteiger partial charge in [-0.15, -0.1) is 0 Å². The van der Waals surface area contributed by atoms with Gasteiger partial charge >= 0.3 is 0 Å². The van der Waals surface area contributed by atoms with E-state index < -0.39 is 10.0 Å². The highest BCUT2D eigenvalue weighted by molar-refractivity contribution is 7.92. The van der Waals surface area contributed by atoms with Gasteiger partial charge < -0.3 is 16.4 Å². The van der Waals surface area contributed by atoms with Crippen LogP contribution in [0.2, 0.25) is 0 Å². The molecule has 8 nitrogen and oxygen atoms in total. The lowest BCUT2D eigenvalue weighted by atomic mass is 9.75. The Morgan fingerprint density at radius 1 is 1.00 bits per heavy atom. The van der Waals surface area contributed by atoms with Crippen molar-refractivity contribution in [3.8, 4) is 0 Å². The third-order valence-electron chi connectivity index (χ3n) is 4.83. The molecule has 0 saturated heterocycles. The molecule has 3 rings (SSSR count). The molecule has 2 aromatic rings. The van der Waals surface area contributed by atoms with Gasteiger partial charge in [0.2, 0.25) is 11.8 Å². The van der Waals surface area contributed by atoms with Gasteiger partial charge in [-0.05, 0) is 43.0 Å². The first kappa shape index (κ1) is 20.7. The summed E-state index contributed by atoms with van der Waals surface area (Å²) in [6, 6.07) is 11.5. The molecule has 2 aromatic carbocycles. The molecule has 0 aromatic heterocycles. The smallest absolute Gasteiger partial charge is 0.262 e. The fourth-order valence-electron chi connectivity index (χ4n) is 3.55. The quantitative estimate of drug-likeness (QED) is 0.537. The first-order valence-electron chi connectivity index (χ1n) is 9.22. The SMILES string of the molecule is CC(=O)Nc1ccc(S(=O)(=O)Nc2ccccc2)c(C2CC(NC(C)=O)C2)c1N. The van der Waals surface area contributed by atoms with Gasteiger partial charge in [-0.2, -0.15) is 0 Å². The Morgan fingerprint density at radius 2 is 1.66 bits per heavy atom. The number of nitrogens with two attached hydrogens (primary N) is 1. The summed E-state index contributed by atoms with van der Waals surface area (Å²) in [6.07, 6.45) is 1.14. The number of hydrogen-bond donors (Lipinski definition) is 4. The maximum atomic E-state index is 13.1. The molecular weight excluding hydrogens is 392 g/mol. The van der Waals surface area contributed by atoms with Gasteiger partial charge in [0.15, 0.2) is 0 Å². The van der Waals surface area contributed by atoms with Crippen molar-refractivity contribution >= 4 is 38.9 Å². The van der Waals surface area contributed by atoms with E-state index in [-0.39, 0.29) is 34.4 Å². The van der Waals surface area contributed by atoms with Crippen LogP contribution in [0.15, 0.2) is 47.4 Å². The number of nitrogen functional groups attached to an aromatic ring is 1. The zero-order valence-corrected chi connectivity index (χ0v) is 17.0. The van der Waals surface area contributed by atoms with E-state index in [2.05, 4.69) is 15.4 Å². The predicted octanol–water partition coefficient (Wildman–Crippen LogP) is 2.41. The maximum absolute atomic E-state index is 13.1. The van der Waals surface area contributed by atoms with Crippen molar-refractivity contribution in [3.63, 3.8) is 0 Å². The van der Waals surface area contributed by atoms with E-state index in [0.29, 0.717) is 29.8 Å². The molecule has 0 unspecified atom stereocenters. The molecule has 9 heteroatoms. The lowest BCUT2D eigenvalue weighted by Crippen LogP contribution is -2.43. The van der Waals surface area contributed by atoms with E-state index in [4.69, 9.17) is 5.73 Å². The minimum Gasteiger partial charge on any atom is -0.397 e. The molecule has 1 fully saturated rings. The highest BCUT2D eigenvalue weighted by Crippen LogP contribution is 2.45. The standard InChI is InChI=1S/C20H24N4O4S/c1-12(25)22-16-10-14(11-16)19-18(9-8-17(20(19)21)23-13(2)26)29(27,28)24-15-6-4-3-5-7-15/h3-9,14,16,24H,10-11,21H2,1-2H3,(H,22,25)(H,23,26). The van der Waals surface area contributed by atoms with Crippen molar-refractivity contribution in [2.45, 2.75) is 43.5 Å². The summed E-state index contributed by atoms with van der Waals surface area (Å²) in [5.41, 5.74) is 7.78. The van der Waals surface area contributed by atoms with Crippen LogP contribution in [0, 0.1) is 0 Å². The lowest BCUT2D eigenvalue weighted by molar-refractivity contribution is -0.120. The topological polar surface area (TPSA) is 130 Å². The van der Waals surface area contributed by atoms with Crippen LogP contribution in [0.1, 0.15) is 38.2 Å². The van der Waals surface area contributed by atoms with Gasteiger partial charge in [-0.1, -0.05) is 18.2 Å². The van der Waals surface area contributed by atoms with Gasteiger partial charge in [0, 0.05) is 31.1 Å².